The molecular formula is C15H15ClF3N3O2S. The lowest BCUT2D eigenvalue weighted by atomic mass is 10.00. The highest BCUT2D eigenvalue weighted by Crippen LogP contribution is 2.35. The Morgan fingerprint density at radius 1 is 1.36 bits per heavy atom. The van der Waals surface area contributed by atoms with Gasteiger partial charge >= 0.3 is 6.18 Å². The minimum atomic E-state index is -4.81. The maximum atomic E-state index is 13.1. The van der Waals surface area contributed by atoms with Gasteiger partial charge in [0.2, 0.25) is 10.0 Å². The number of nitrogens with zero attached hydrogens (tertiary/aromatic N) is 2. The van der Waals surface area contributed by atoms with E-state index in [1.165, 1.54) is 0 Å². The van der Waals surface area contributed by atoms with E-state index in [0.29, 0.717) is 25.5 Å². The predicted octanol–water partition coefficient (Wildman–Crippen LogP) is 3.10. The van der Waals surface area contributed by atoms with E-state index in [1.54, 1.807) is 12.4 Å². The fourth-order valence-corrected chi connectivity index (χ4v) is 4.36. The van der Waals surface area contributed by atoms with Crippen LogP contribution < -0.4 is 4.72 Å². The smallest absolute Gasteiger partial charge is 0.335 e. The lowest BCUT2D eigenvalue weighted by Gasteiger charge is -2.24. The largest absolute Gasteiger partial charge is 0.417 e. The standard InChI is InChI=1S/C15H15ClF3N3O2S/c16-11-2-3-13(12(7-11)15(17,18)19)25(23,24)21-8-10-1-4-14-20-5-6-22(14)9-10/h2-3,5-7,10,21H,1,4,8-9H2/t10-/m0/s1. The van der Waals surface area contributed by atoms with Gasteiger partial charge < -0.3 is 4.57 Å². The van der Waals surface area contributed by atoms with Gasteiger partial charge in [-0.05, 0) is 30.5 Å². The summed E-state index contributed by atoms with van der Waals surface area (Å²) in [4.78, 5) is 3.37. The van der Waals surface area contributed by atoms with E-state index in [9.17, 15) is 21.6 Å². The monoisotopic (exact) mass is 393 g/mol. The lowest BCUT2D eigenvalue weighted by molar-refractivity contribution is -0.139. The zero-order valence-electron chi connectivity index (χ0n) is 12.9. The number of aromatic nitrogens is 2. The Kier molecular flexibility index (Phi) is 4.82. The number of aryl methyl sites for hydroxylation is 1. The minimum Gasteiger partial charge on any atom is -0.335 e. The van der Waals surface area contributed by atoms with Crippen molar-refractivity contribution in [1.82, 2.24) is 14.3 Å². The molecule has 1 N–H and O–H groups in total. The number of fused-ring (bicyclic) bond motifs is 1. The van der Waals surface area contributed by atoms with Crippen LogP contribution in [0.4, 0.5) is 13.2 Å². The molecule has 0 saturated heterocycles. The molecule has 0 fully saturated rings. The highest BCUT2D eigenvalue weighted by atomic mass is 35.5. The van der Waals surface area contributed by atoms with Gasteiger partial charge in [0.05, 0.1) is 10.5 Å². The third kappa shape index (κ3) is 3.99. The number of alkyl halides is 3. The number of hydrogen-bond acceptors (Lipinski definition) is 3. The van der Waals surface area contributed by atoms with Crippen LogP contribution in [0.3, 0.4) is 0 Å². The molecule has 1 aromatic carbocycles. The average molecular weight is 394 g/mol. The molecule has 25 heavy (non-hydrogen) atoms. The van der Waals surface area contributed by atoms with Crippen LogP contribution >= 0.6 is 11.6 Å². The molecule has 1 aromatic heterocycles. The van der Waals surface area contributed by atoms with Crippen molar-refractivity contribution >= 4 is 21.6 Å². The first-order chi connectivity index (χ1) is 11.7. The lowest BCUT2D eigenvalue weighted by Crippen LogP contribution is -2.34. The molecule has 1 atom stereocenters. The highest BCUT2D eigenvalue weighted by Gasteiger charge is 2.37. The molecule has 0 spiro atoms. The molecule has 1 aliphatic heterocycles. The number of benzene rings is 1. The Morgan fingerprint density at radius 3 is 2.84 bits per heavy atom. The summed E-state index contributed by atoms with van der Waals surface area (Å²) in [7, 11) is -4.31. The van der Waals surface area contributed by atoms with E-state index in [1.807, 2.05) is 4.57 Å². The SMILES string of the molecule is O=S(=O)(NC[C@@H]1CCc2nccn2C1)c1ccc(Cl)cc1C(F)(F)F. The molecule has 10 heteroatoms. The third-order valence-electron chi connectivity index (χ3n) is 4.13. The van der Waals surface area contributed by atoms with Gasteiger partial charge in [0.15, 0.2) is 0 Å². The normalized spacial score (nSPS) is 18.2. The molecule has 0 amide bonds. The van der Waals surface area contributed by atoms with Crippen LogP contribution in [0.15, 0.2) is 35.5 Å². The maximum Gasteiger partial charge on any atom is 0.417 e. The van der Waals surface area contributed by atoms with Crippen LogP contribution in [0, 0.1) is 5.92 Å². The second kappa shape index (κ2) is 6.62. The van der Waals surface area contributed by atoms with Crippen LogP contribution in [-0.4, -0.2) is 24.5 Å². The Morgan fingerprint density at radius 2 is 2.12 bits per heavy atom. The van der Waals surface area contributed by atoms with Crippen molar-refractivity contribution in [2.24, 2.45) is 5.92 Å². The summed E-state index contributed by atoms with van der Waals surface area (Å²) in [5, 5.41) is -0.175. The zero-order chi connectivity index (χ0) is 18.2. The number of nitrogens with one attached hydrogen (secondary N) is 1. The summed E-state index contributed by atoms with van der Waals surface area (Å²) in [6, 6.07) is 2.63. The highest BCUT2D eigenvalue weighted by molar-refractivity contribution is 7.89. The molecule has 1 aliphatic rings. The topological polar surface area (TPSA) is 64.0 Å². The van der Waals surface area contributed by atoms with E-state index in [0.717, 1.165) is 18.0 Å². The first-order valence-corrected chi connectivity index (χ1v) is 9.39. The van der Waals surface area contributed by atoms with Gasteiger partial charge in [-0.2, -0.15) is 13.2 Å². The molecule has 2 aromatic rings. The second-order valence-corrected chi connectivity index (χ2v) is 8.06. The Bertz CT molecular complexity index is 880. The van der Waals surface area contributed by atoms with Crippen LogP contribution in [0.5, 0.6) is 0 Å². The molecule has 3 rings (SSSR count). The van der Waals surface area contributed by atoms with Crippen LogP contribution in [0.25, 0.3) is 0 Å². The minimum absolute atomic E-state index is 0.0156. The van der Waals surface area contributed by atoms with E-state index in [4.69, 9.17) is 11.6 Å². The molecule has 0 unspecified atom stereocenters. The quantitative estimate of drug-likeness (QED) is 0.868. The number of sulfonamides is 1. The van der Waals surface area contributed by atoms with Crippen molar-refractivity contribution in [3.05, 3.63) is 47.0 Å². The number of halogens is 4. The van der Waals surface area contributed by atoms with Crippen molar-refractivity contribution < 1.29 is 21.6 Å². The van der Waals surface area contributed by atoms with Crippen molar-refractivity contribution in [1.29, 1.82) is 0 Å². The van der Waals surface area contributed by atoms with Crippen LogP contribution in [0.1, 0.15) is 17.8 Å². The fraction of sp³-hybridized carbons (Fsp3) is 0.400. The third-order valence-corrected chi connectivity index (χ3v) is 5.85. The Balaban J connectivity index is 1.77. The first kappa shape index (κ1) is 18.2. The van der Waals surface area contributed by atoms with Crippen molar-refractivity contribution in [2.75, 3.05) is 6.54 Å². The molecule has 136 valence electrons. The Labute approximate surface area is 147 Å². The summed E-state index contributed by atoms with van der Waals surface area (Å²) in [5.41, 5.74) is -1.27. The van der Waals surface area contributed by atoms with Gasteiger partial charge in [-0.25, -0.2) is 18.1 Å². The summed E-state index contributed by atoms with van der Waals surface area (Å²) >= 11 is 5.58. The number of imidazole rings is 1. The average Bonchev–Trinajstić information content (AvgIpc) is 2.99. The molecule has 0 aliphatic carbocycles. The summed E-state index contributed by atoms with van der Waals surface area (Å²) < 4.78 is 68.3. The number of hydrogen-bond donors (Lipinski definition) is 1. The molecule has 5 nitrogen and oxygen atoms in total. The van der Waals surface area contributed by atoms with Gasteiger partial charge in [0, 0.05) is 36.9 Å². The second-order valence-electron chi connectivity index (χ2n) is 5.89. The van der Waals surface area contributed by atoms with Crippen molar-refractivity contribution in [3.8, 4) is 0 Å². The molecule has 0 radical (unpaired) electrons. The van der Waals surface area contributed by atoms with Gasteiger partial charge in [0.1, 0.15) is 5.82 Å². The van der Waals surface area contributed by atoms with Crippen LogP contribution in [0.2, 0.25) is 5.02 Å². The van der Waals surface area contributed by atoms with Crippen molar-refractivity contribution in [3.63, 3.8) is 0 Å². The molecule has 2 heterocycles. The zero-order valence-corrected chi connectivity index (χ0v) is 14.5. The maximum absolute atomic E-state index is 13.1. The fourth-order valence-electron chi connectivity index (χ4n) is 2.87. The summed E-state index contributed by atoms with van der Waals surface area (Å²) in [5.74, 6) is 0.911. The molecule has 0 saturated carbocycles. The predicted molar refractivity (Wildman–Crippen MR) is 85.7 cm³/mol. The van der Waals surface area contributed by atoms with Crippen LogP contribution in [-0.2, 0) is 29.2 Å². The van der Waals surface area contributed by atoms with Crippen molar-refractivity contribution in [2.45, 2.75) is 30.5 Å². The van der Waals surface area contributed by atoms with E-state index in [-0.39, 0.29) is 17.5 Å². The number of rotatable bonds is 4. The molecule has 0 bridgehead atoms. The van der Waals surface area contributed by atoms with Gasteiger partial charge in [-0.1, -0.05) is 11.6 Å². The van der Waals surface area contributed by atoms with E-state index >= 15 is 0 Å². The van der Waals surface area contributed by atoms with Gasteiger partial charge in [-0.3, -0.25) is 0 Å². The first-order valence-electron chi connectivity index (χ1n) is 7.53. The van der Waals surface area contributed by atoms with E-state index < -0.39 is 26.7 Å². The van der Waals surface area contributed by atoms with E-state index in [2.05, 4.69) is 9.71 Å². The summed E-state index contributed by atoms with van der Waals surface area (Å²) in [6.07, 6.45) is 0.0775. The summed E-state index contributed by atoms with van der Waals surface area (Å²) in [6.45, 7) is 0.629. The molecular weight excluding hydrogens is 379 g/mol. The van der Waals surface area contributed by atoms with Gasteiger partial charge in [-0.15, -0.1) is 0 Å². The van der Waals surface area contributed by atoms with Gasteiger partial charge in [0.25, 0.3) is 0 Å². The Hall–Kier alpha value is -1.58.